The van der Waals surface area contributed by atoms with Gasteiger partial charge in [0.05, 0.1) is 12.6 Å². The van der Waals surface area contributed by atoms with E-state index in [-0.39, 0.29) is 12.8 Å². The molecule has 0 radical (unpaired) electrons. The molecule has 6 heteroatoms. The Balaban J connectivity index is 2.15. The molecule has 1 fully saturated rings. The highest BCUT2D eigenvalue weighted by atomic mass is 19.3. The lowest BCUT2D eigenvalue weighted by Gasteiger charge is -2.18. The van der Waals surface area contributed by atoms with Gasteiger partial charge in [0.25, 0.3) is 5.92 Å². The molecule has 0 spiro atoms. The summed E-state index contributed by atoms with van der Waals surface area (Å²) in [5.74, 6) is -3.72. The van der Waals surface area contributed by atoms with E-state index >= 15 is 0 Å². The lowest BCUT2D eigenvalue weighted by Crippen LogP contribution is -2.25. The van der Waals surface area contributed by atoms with Gasteiger partial charge < -0.3 is 5.11 Å². The molecular formula is C10H12F2N2O2. The number of aromatic nitrogens is 2. The molecule has 4 nitrogen and oxygen atoms in total. The second kappa shape index (κ2) is 3.84. The number of halogens is 2. The molecule has 0 bridgehead atoms. The number of nitrogens with zero attached hydrogens (tertiary/aromatic N) is 2. The predicted molar refractivity (Wildman–Crippen MR) is 51.4 cm³/mol. The average Bonchev–Trinajstić information content (AvgIpc) is 2.70. The molecule has 1 aromatic rings. The molecule has 1 N–H and O–H groups in total. The zero-order valence-corrected chi connectivity index (χ0v) is 8.57. The van der Waals surface area contributed by atoms with E-state index in [0.29, 0.717) is 18.4 Å². The molecule has 16 heavy (non-hydrogen) atoms. The predicted octanol–water partition coefficient (Wildman–Crippen LogP) is 1.87. The van der Waals surface area contributed by atoms with Crippen LogP contribution >= 0.6 is 0 Å². The lowest BCUT2D eigenvalue weighted by atomic mass is 10.2. The van der Waals surface area contributed by atoms with Gasteiger partial charge in [-0.05, 0) is 12.8 Å². The van der Waals surface area contributed by atoms with E-state index in [1.165, 1.54) is 17.1 Å². The summed E-state index contributed by atoms with van der Waals surface area (Å²) in [5.41, 5.74) is 0.454. The van der Waals surface area contributed by atoms with E-state index < -0.39 is 17.9 Å². The molecular weight excluding hydrogens is 218 g/mol. The van der Waals surface area contributed by atoms with Gasteiger partial charge in [-0.2, -0.15) is 5.10 Å². The summed E-state index contributed by atoms with van der Waals surface area (Å²) in [7, 11) is 0. The zero-order chi connectivity index (χ0) is 11.8. The number of carboxylic acids is 1. The third-order valence-corrected chi connectivity index (χ3v) is 2.80. The molecule has 2 rings (SSSR count). The zero-order valence-electron chi connectivity index (χ0n) is 8.57. The smallest absolute Gasteiger partial charge is 0.307 e. The molecule has 1 aliphatic rings. The highest BCUT2D eigenvalue weighted by Crippen LogP contribution is 2.43. The fourth-order valence-corrected chi connectivity index (χ4v) is 2.05. The first-order valence-electron chi connectivity index (χ1n) is 5.12. The molecule has 0 aromatic carbocycles. The lowest BCUT2D eigenvalue weighted by molar-refractivity contribution is -0.136. The maximum Gasteiger partial charge on any atom is 0.307 e. The van der Waals surface area contributed by atoms with Crippen molar-refractivity contribution in [2.75, 3.05) is 0 Å². The van der Waals surface area contributed by atoms with Crippen LogP contribution in [0, 0.1) is 0 Å². The molecule has 1 heterocycles. The number of carbonyl (C=O) groups is 1. The summed E-state index contributed by atoms with van der Waals surface area (Å²) in [4.78, 5) is 10.4. The molecule has 88 valence electrons. The third-order valence-electron chi connectivity index (χ3n) is 2.80. The number of hydrogen-bond acceptors (Lipinski definition) is 2. The molecule has 0 amide bonds. The van der Waals surface area contributed by atoms with Crippen molar-refractivity contribution in [2.45, 2.75) is 37.6 Å². The van der Waals surface area contributed by atoms with Gasteiger partial charge in [-0.3, -0.25) is 9.48 Å². The molecule has 1 aromatic heterocycles. The standard InChI is InChI=1S/C10H12F2N2O2/c11-10(12)3-1-2-8(10)14-6-7(5-13-14)4-9(15)16/h5-6,8H,1-4H2,(H,15,16). The van der Waals surface area contributed by atoms with Crippen LogP contribution in [0.3, 0.4) is 0 Å². The summed E-state index contributed by atoms with van der Waals surface area (Å²) >= 11 is 0. The van der Waals surface area contributed by atoms with Crippen molar-refractivity contribution in [2.24, 2.45) is 0 Å². The number of carboxylic acid groups (broad SMARTS) is 1. The van der Waals surface area contributed by atoms with Gasteiger partial charge >= 0.3 is 5.97 Å². The highest BCUT2D eigenvalue weighted by Gasteiger charge is 2.45. The first-order valence-corrected chi connectivity index (χ1v) is 5.12. The fraction of sp³-hybridized carbons (Fsp3) is 0.600. The minimum absolute atomic E-state index is 0.119. The van der Waals surface area contributed by atoms with Gasteiger partial charge in [-0.15, -0.1) is 0 Å². The summed E-state index contributed by atoms with van der Waals surface area (Å²) in [6.07, 6.45) is 3.30. The van der Waals surface area contributed by atoms with Crippen LogP contribution in [-0.4, -0.2) is 26.8 Å². The molecule has 1 aliphatic carbocycles. The SMILES string of the molecule is O=C(O)Cc1cnn(C2CCCC2(F)F)c1. The quantitative estimate of drug-likeness (QED) is 0.862. The number of hydrogen-bond donors (Lipinski definition) is 1. The van der Waals surface area contributed by atoms with Crippen molar-refractivity contribution in [1.29, 1.82) is 0 Å². The number of alkyl halides is 2. The van der Waals surface area contributed by atoms with Crippen LogP contribution in [0.15, 0.2) is 12.4 Å². The molecule has 1 unspecified atom stereocenters. The van der Waals surface area contributed by atoms with Crippen molar-refractivity contribution < 1.29 is 18.7 Å². The van der Waals surface area contributed by atoms with Crippen LogP contribution in [0.4, 0.5) is 8.78 Å². The van der Waals surface area contributed by atoms with Gasteiger partial charge in [0.1, 0.15) is 6.04 Å². The Bertz CT molecular complexity index is 403. The van der Waals surface area contributed by atoms with Gasteiger partial charge in [-0.1, -0.05) is 0 Å². The van der Waals surface area contributed by atoms with Crippen molar-refractivity contribution in [3.05, 3.63) is 18.0 Å². The van der Waals surface area contributed by atoms with Crippen molar-refractivity contribution in [1.82, 2.24) is 9.78 Å². The first kappa shape index (κ1) is 11.0. The summed E-state index contributed by atoms with van der Waals surface area (Å²) in [5, 5.41) is 12.4. The van der Waals surface area contributed by atoms with Gasteiger partial charge in [0, 0.05) is 18.2 Å². The maximum atomic E-state index is 13.4. The minimum atomic E-state index is -2.73. The van der Waals surface area contributed by atoms with Crippen LogP contribution in [0.25, 0.3) is 0 Å². The Morgan fingerprint density at radius 3 is 3.00 bits per heavy atom. The molecule has 0 aliphatic heterocycles. The van der Waals surface area contributed by atoms with Crippen molar-refractivity contribution >= 4 is 5.97 Å². The van der Waals surface area contributed by atoms with Crippen LogP contribution in [0.1, 0.15) is 30.9 Å². The summed E-state index contributed by atoms with van der Waals surface area (Å²) in [6, 6.07) is -0.921. The maximum absolute atomic E-state index is 13.4. The molecule has 1 saturated carbocycles. The van der Waals surface area contributed by atoms with Crippen LogP contribution in [0.2, 0.25) is 0 Å². The topological polar surface area (TPSA) is 55.1 Å². The van der Waals surface area contributed by atoms with Crippen molar-refractivity contribution in [3.8, 4) is 0 Å². The Kier molecular flexibility index (Phi) is 2.65. The fourth-order valence-electron chi connectivity index (χ4n) is 2.05. The Labute approximate surface area is 90.9 Å². The third kappa shape index (κ3) is 2.05. The van der Waals surface area contributed by atoms with Crippen molar-refractivity contribution in [3.63, 3.8) is 0 Å². The van der Waals surface area contributed by atoms with Gasteiger partial charge in [0.15, 0.2) is 0 Å². The highest BCUT2D eigenvalue weighted by molar-refractivity contribution is 5.69. The largest absolute Gasteiger partial charge is 0.481 e. The van der Waals surface area contributed by atoms with E-state index in [2.05, 4.69) is 5.10 Å². The monoisotopic (exact) mass is 230 g/mol. The summed E-state index contributed by atoms with van der Waals surface area (Å²) in [6.45, 7) is 0. The van der Waals surface area contributed by atoms with Crippen LogP contribution in [-0.2, 0) is 11.2 Å². The Morgan fingerprint density at radius 2 is 2.44 bits per heavy atom. The second-order valence-electron chi connectivity index (χ2n) is 4.07. The van der Waals surface area contributed by atoms with E-state index in [1.807, 2.05) is 0 Å². The first-order chi connectivity index (χ1) is 7.49. The van der Waals surface area contributed by atoms with E-state index in [1.54, 1.807) is 0 Å². The van der Waals surface area contributed by atoms with E-state index in [4.69, 9.17) is 5.11 Å². The average molecular weight is 230 g/mol. The number of rotatable bonds is 3. The Hall–Kier alpha value is -1.46. The second-order valence-corrected chi connectivity index (χ2v) is 4.07. The van der Waals surface area contributed by atoms with E-state index in [0.717, 1.165) is 0 Å². The molecule has 1 atom stereocenters. The van der Waals surface area contributed by atoms with Crippen LogP contribution in [0.5, 0.6) is 0 Å². The minimum Gasteiger partial charge on any atom is -0.481 e. The Morgan fingerprint density at radius 1 is 1.69 bits per heavy atom. The van der Waals surface area contributed by atoms with E-state index in [9.17, 15) is 13.6 Å². The van der Waals surface area contributed by atoms with Crippen LogP contribution < -0.4 is 0 Å². The normalized spacial score (nSPS) is 23.5. The summed E-state index contributed by atoms with van der Waals surface area (Å²) < 4.78 is 28.0. The molecule has 0 saturated heterocycles. The van der Waals surface area contributed by atoms with Gasteiger partial charge in [-0.25, -0.2) is 8.78 Å². The number of aliphatic carboxylic acids is 1. The van der Waals surface area contributed by atoms with Gasteiger partial charge in [0.2, 0.25) is 0 Å².